The molecular weight excluding hydrogens is 933 g/mol. The number of aromatic nitrogens is 1. The maximum atomic E-state index is 13.9. The molecule has 67 heavy (non-hydrogen) atoms. The van der Waals surface area contributed by atoms with Crippen molar-refractivity contribution in [2.75, 3.05) is 35.2 Å². The third kappa shape index (κ3) is 16.8. The van der Waals surface area contributed by atoms with Crippen molar-refractivity contribution in [2.24, 2.45) is 0 Å². The van der Waals surface area contributed by atoms with Gasteiger partial charge < -0.3 is 30.7 Å². The van der Waals surface area contributed by atoms with Crippen LogP contribution in [-0.4, -0.2) is 102 Å². The molecule has 14 heteroatoms. The molecule has 0 radical (unpaired) electrons. The predicted molar refractivity (Wildman–Crippen MR) is 269 cm³/mol. The fourth-order valence-electron chi connectivity index (χ4n) is 9.43. The molecule has 0 unspecified atom stereocenters. The molecule has 3 aromatic carbocycles. The van der Waals surface area contributed by atoms with E-state index in [0.29, 0.717) is 16.6 Å². The van der Waals surface area contributed by atoms with Crippen LogP contribution < -0.4 is 16.0 Å². The molecule has 4 amide bonds. The monoisotopic (exact) mass is 1000 g/mol. The Labute approximate surface area is 411 Å². The van der Waals surface area contributed by atoms with Crippen molar-refractivity contribution >= 4 is 51.2 Å². The molecule has 0 atom stereocenters. The minimum atomic E-state index is -0.374. The summed E-state index contributed by atoms with van der Waals surface area (Å²) in [5.41, 5.74) is 5.42. The second-order valence-electron chi connectivity index (χ2n) is 19.0. The van der Waals surface area contributed by atoms with Gasteiger partial charge in [-0.15, -0.1) is 0 Å². The van der Waals surface area contributed by atoms with E-state index in [1.54, 1.807) is 36.5 Å². The number of amides is 4. The highest BCUT2D eigenvalue weighted by molar-refractivity contribution is 9.10. The van der Waals surface area contributed by atoms with Crippen molar-refractivity contribution in [2.45, 2.75) is 133 Å². The number of carbonyl (C=O) groups excluding carboxylic acids is 4. The van der Waals surface area contributed by atoms with Crippen LogP contribution >= 0.6 is 27.5 Å². The van der Waals surface area contributed by atoms with Gasteiger partial charge >= 0.3 is 0 Å². The molecule has 4 aromatic rings. The lowest BCUT2D eigenvalue weighted by molar-refractivity contribution is -0.133. The third-order valence-electron chi connectivity index (χ3n) is 13.7. The van der Waals surface area contributed by atoms with Crippen LogP contribution in [0.2, 0.25) is 5.02 Å². The van der Waals surface area contributed by atoms with Crippen LogP contribution in [0.5, 0.6) is 0 Å². The topological polar surface area (TPSA) is 127 Å². The maximum absolute atomic E-state index is 13.9. The number of pyridine rings is 1. The number of hydrogen-bond acceptors (Lipinski definition) is 7. The van der Waals surface area contributed by atoms with Crippen LogP contribution in [0.4, 0.5) is 4.39 Å². The van der Waals surface area contributed by atoms with E-state index in [0.717, 1.165) is 74.8 Å². The number of rotatable bonds is 18. The summed E-state index contributed by atoms with van der Waals surface area (Å²) in [6.45, 7) is 2.73. The van der Waals surface area contributed by atoms with Crippen LogP contribution in [0.3, 0.4) is 0 Å². The Hall–Kier alpha value is -4.69. The molecule has 0 aliphatic heterocycles. The lowest BCUT2D eigenvalue weighted by Crippen LogP contribution is -2.52. The summed E-state index contributed by atoms with van der Waals surface area (Å²) in [4.78, 5) is 59.9. The Balaban J connectivity index is 0.000000251. The van der Waals surface area contributed by atoms with Crippen LogP contribution in [-0.2, 0) is 45.1 Å². The summed E-state index contributed by atoms with van der Waals surface area (Å²) in [5, 5.41) is 9.72. The van der Waals surface area contributed by atoms with E-state index in [1.807, 2.05) is 30.3 Å². The highest BCUT2D eigenvalue weighted by Gasteiger charge is 2.39. The molecule has 0 bridgehead atoms. The minimum absolute atomic E-state index is 0.0363. The molecule has 1 heterocycles. The zero-order valence-electron chi connectivity index (χ0n) is 40.2. The molecule has 0 spiro atoms. The van der Waals surface area contributed by atoms with Crippen molar-refractivity contribution in [1.82, 2.24) is 35.6 Å². The van der Waals surface area contributed by atoms with Crippen molar-refractivity contribution in [3.8, 4) is 0 Å². The van der Waals surface area contributed by atoms with Gasteiger partial charge in [0.1, 0.15) is 5.82 Å². The lowest BCUT2D eigenvalue weighted by atomic mass is 9.74. The summed E-state index contributed by atoms with van der Waals surface area (Å²) >= 11 is 9.40. The Morgan fingerprint density at radius 2 is 1.24 bits per heavy atom. The third-order valence-corrected chi connectivity index (χ3v) is 14.4. The SMILES string of the molecule is CN(Cc1cccnc1)C(=O)CCC(=O)NC1CCC(Cc2cccc(Cl)c2)(N(C)C)CC1.Cc1cccc(CC2(N(C)C)CCC(NC(=O)CCC(=O)NCc3ccc(Br)cc3F)CC2)c1. The van der Waals surface area contributed by atoms with E-state index in [9.17, 15) is 23.6 Å². The first-order valence-electron chi connectivity index (χ1n) is 23.5. The van der Waals surface area contributed by atoms with Gasteiger partial charge in [0, 0.05) is 96.4 Å². The first kappa shape index (κ1) is 53.3. The highest BCUT2D eigenvalue weighted by Crippen LogP contribution is 2.37. The lowest BCUT2D eigenvalue weighted by Gasteiger charge is -2.45. The Kier molecular flexibility index (Phi) is 20.4. The van der Waals surface area contributed by atoms with Crippen molar-refractivity contribution < 1.29 is 23.6 Å². The number of benzene rings is 3. The van der Waals surface area contributed by atoms with Gasteiger partial charge in [-0.2, -0.15) is 0 Å². The number of aryl methyl sites for hydroxylation is 1. The second kappa shape index (κ2) is 25.6. The average molecular weight is 1000 g/mol. The number of nitrogens with one attached hydrogen (secondary N) is 3. The zero-order chi connectivity index (χ0) is 48.6. The standard InChI is InChI=1S/C27H35BrFN3O2.C26H35ClN4O2/c1-19-5-4-6-20(15-19)17-27(32(2)3)13-11-23(12-14-27)31-26(34)10-9-25(33)30-18-21-7-8-22(28)16-24(21)29;1-30(2)26(17-20-6-4-8-22(27)16-20)13-11-23(12-14-26)29-24(32)9-10-25(33)31(3)19-21-7-5-15-28-18-21/h4-8,15-16,23H,9-14,17-18H2,1-3H3,(H,30,33)(H,31,34);4-8,15-16,18,23H,9-14,17,19H2,1-3H3,(H,29,32). The van der Waals surface area contributed by atoms with E-state index in [-0.39, 0.29) is 84.8 Å². The summed E-state index contributed by atoms with van der Waals surface area (Å²) in [5.74, 6) is -0.820. The van der Waals surface area contributed by atoms with Gasteiger partial charge in [0.2, 0.25) is 23.6 Å². The summed E-state index contributed by atoms with van der Waals surface area (Å²) in [7, 11) is 10.3. The second-order valence-corrected chi connectivity index (χ2v) is 20.4. The first-order chi connectivity index (χ1) is 31.9. The number of halogens is 3. The van der Waals surface area contributed by atoms with E-state index < -0.39 is 0 Å². The molecule has 1 aromatic heterocycles. The number of likely N-dealkylation sites (N-methyl/N-ethyl adjacent to an activating group) is 2. The molecule has 0 saturated heterocycles. The normalized spacial score (nSPS) is 20.3. The number of nitrogens with zero attached hydrogens (tertiary/aromatic N) is 4. The van der Waals surface area contributed by atoms with Gasteiger partial charge in [-0.05, 0) is 146 Å². The molecule has 6 rings (SSSR count). The number of hydrogen-bond donors (Lipinski definition) is 3. The molecule has 2 aliphatic carbocycles. The van der Waals surface area contributed by atoms with Gasteiger partial charge in [0.25, 0.3) is 0 Å². The van der Waals surface area contributed by atoms with Crippen LogP contribution in [0.25, 0.3) is 0 Å². The van der Waals surface area contributed by atoms with Crippen molar-refractivity contribution in [1.29, 1.82) is 0 Å². The van der Waals surface area contributed by atoms with Gasteiger partial charge in [-0.25, -0.2) is 4.39 Å². The van der Waals surface area contributed by atoms with Crippen molar-refractivity contribution in [3.05, 3.63) is 134 Å². The van der Waals surface area contributed by atoms with Crippen LogP contribution in [0.15, 0.2) is 95.7 Å². The maximum Gasteiger partial charge on any atom is 0.223 e. The largest absolute Gasteiger partial charge is 0.353 e. The van der Waals surface area contributed by atoms with E-state index in [4.69, 9.17) is 11.6 Å². The average Bonchev–Trinajstić information content (AvgIpc) is 3.29. The molecule has 2 fully saturated rings. The molecule has 2 aliphatic rings. The van der Waals surface area contributed by atoms with Crippen LogP contribution in [0.1, 0.15) is 105 Å². The first-order valence-corrected chi connectivity index (χ1v) is 24.7. The Morgan fingerprint density at radius 3 is 1.76 bits per heavy atom. The number of carbonyl (C=O) groups is 4. The quantitative estimate of drug-likeness (QED) is 0.0909. The molecular formula is C53H70BrClFN7O4. The predicted octanol–water partition coefficient (Wildman–Crippen LogP) is 8.97. The smallest absolute Gasteiger partial charge is 0.223 e. The molecule has 362 valence electrons. The Morgan fingerprint density at radius 1 is 0.701 bits per heavy atom. The fraction of sp³-hybridized carbons (Fsp3) is 0.491. The minimum Gasteiger partial charge on any atom is -0.353 e. The van der Waals surface area contributed by atoms with Gasteiger partial charge in [-0.3, -0.25) is 24.2 Å². The molecule has 2 saturated carbocycles. The van der Waals surface area contributed by atoms with E-state index in [1.165, 1.54) is 22.8 Å². The summed E-state index contributed by atoms with van der Waals surface area (Å²) in [6.07, 6.45) is 13.8. The zero-order valence-corrected chi connectivity index (χ0v) is 42.5. The molecule has 3 N–H and O–H groups in total. The fourth-order valence-corrected chi connectivity index (χ4v) is 9.98. The van der Waals surface area contributed by atoms with Crippen LogP contribution in [0, 0.1) is 12.7 Å². The van der Waals surface area contributed by atoms with Gasteiger partial charge in [0.15, 0.2) is 0 Å². The Bertz CT molecular complexity index is 2250. The van der Waals surface area contributed by atoms with E-state index in [2.05, 4.69) is 112 Å². The van der Waals surface area contributed by atoms with Gasteiger partial charge in [0.05, 0.1) is 0 Å². The van der Waals surface area contributed by atoms with E-state index >= 15 is 0 Å². The van der Waals surface area contributed by atoms with Gasteiger partial charge in [-0.1, -0.05) is 81.6 Å². The molecule has 11 nitrogen and oxygen atoms in total. The summed E-state index contributed by atoms with van der Waals surface area (Å²) < 4.78 is 14.5. The summed E-state index contributed by atoms with van der Waals surface area (Å²) in [6, 6.07) is 25.6. The highest BCUT2D eigenvalue weighted by atomic mass is 79.9. The van der Waals surface area contributed by atoms with Crippen molar-refractivity contribution in [3.63, 3.8) is 0 Å².